The standard InChI is InChI=1S/C12H12N2O2/c1-16-11-5-4-10-12(14-11)9(3-2-8-15)6-7-13-10/h2-7,15H,8H2,1H3. The molecule has 2 heterocycles. The summed E-state index contributed by atoms with van der Waals surface area (Å²) in [7, 11) is 1.58. The number of pyridine rings is 2. The quantitative estimate of drug-likeness (QED) is 0.847. The van der Waals surface area contributed by atoms with Crippen molar-refractivity contribution in [2.45, 2.75) is 0 Å². The summed E-state index contributed by atoms with van der Waals surface area (Å²) in [5.74, 6) is 0.555. The summed E-state index contributed by atoms with van der Waals surface area (Å²) in [4.78, 5) is 8.54. The normalized spacial score (nSPS) is 11.1. The van der Waals surface area contributed by atoms with Gasteiger partial charge in [-0.2, -0.15) is 0 Å². The van der Waals surface area contributed by atoms with E-state index in [4.69, 9.17) is 9.84 Å². The highest BCUT2D eigenvalue weighted by Crippen LogP contribution is 2.19. The molecular formula is C12H12N2O2. The lowest BCUT2D eigenvalue weighted by atomic mass is 10.2. The van der Waals surface area contributed by atoms with E-state index in [9.17, 15) is 0 Å². The third-order valence-corrected chi connectivity index (χ3v) is 2.20. The van der Waals surface area contributed by atoms with Crippen molar-refractivity contribution >= 4 is 17.1 Å². The zero-order valence-electron chi connectivity index (χ0n) is 8.92. The molecule has 2 aromatic heterocycles. The Morgan fingerprint density at radius 3 is 3.00 bits per heavy atom. The fraction of sp³-hybridized carbons (Fsp3) is 0.167. The average molecular weight is 216 g/mol. The maximum Gasteiger partial charge on any atom is 0.213 e. The predicted octanol–water partition coefficient (Wildman–Crippen LogP) is 1.64. The minimum atomic E-state index is 0.00772. The van der Waals surface area contributed by atoms with Crippen molar-refractivity contribution in [2.24, 2.45) is 0 Å². The highest BCUT2D eigenvalue weighted by atomic mass is 16.5. The lowest BCUT2D eigenvalue weighted by Crippen LogP contribution is -1.91. The van der Waals surface area contributed by atoms with Gasteiger partial charge in [0.15, 0.2) is 0 Å². The monoisotopic (exact) mass is 216 g/mol. The number of fused-ring (bicyclic) bond motifs is 1. The Balaban J connectivity index is 2.59. The van der Waals surface area contributed by atoms with Crippen molar-refractivity contribution in [3.05, 3.63) is 36.0 Å². The summed E-state index contributed by atoms with van der Waals surface area (Å²) in [6, 6.07) is 5.48. The number of rotatable bonds is 3. The number of nitrogens with zero attached hydrogens (tertiary/aromatic N) is 2. The van der Waals surface area contributed by atoms with Crippen LogP contribution >= 0.6 is 0 Å². The summed E-state index contributed by atoms with van der Waals surface area (Å²) < 4.78 is 5.07. The molecule has 4 nitrogen and oxygen atoms in total. The highest BCUT2D eigenvalue weighted by Gasteiger charge is 2.02. The van der Waals surface area contributed by atoms with Crippen molar-refractivity contribution in [1.29, 1.82) is 0 Å². The van der Waals surface area contributed by atoms with E-state index in [0.717, 1.165) is 16.6 Å². The molecule has 0 saturated carbocycles. The van der Waals surface area contributed by atoms with Crippen LogP contribution in [0.25, 0.3) is 17.1 Å². The van der Waals surface area contributed by atoms with Crippen molar-refractivity contribution in [3.8, 4) is 5.88 Å². The van der Waals surface area contributed by atoms with Gasteiger partial charge in [0.25, 0.3) is 0 Å². The molecular weight excluding hydrogens is 204 g/mol. The summed E-state index contributed by atoms with van der Waals surface area (Å²) in [6.07, 6.45) is 5.19. The van der Waals surface area contributed by atoms with Crippen LogP contribution in [0.4, 0.5) is 0 Å². The smallest absolute Gasteiger partial charge is 0.213 e. The molecule has 0 aliphatic heterocycles. The number of aliphatic hydroxyl groups is 1. The van der Waals surface area contributed by atoms with Crippen molar-refractivity contribution < 1.29 is 9.84 Å². The number of hydrogen-bond acceptors (Lipinski definition) is 4. The molecule has 4 heteroatoms. The Kier molecular flexibility index (Phi) is 3.12. The van der Waals surface area contributed by atoms with Gasteiger partial charge < -0.3 is 9.84 Å². The van der Waals surface area contributed by atoms with Crippen LogP contribution in [0, 0.1) is 0 Å². The van der Waals surface area contributed by atoms with Crippen LogP contribution in [0.15, 0.2) is 30.5 Å². The van der Waals surface area contributed by atoms with Gasteiger partial charge in [-0.25, -0.2) is 4.98 Å². The average Bonchev–Trinajstić information content (AvgIpc) is 2.35. The molecule has 0 aliphatic carbocycles. The maximum absolute atomic E-state index is 8.75. The van der Waals surface area contributed by atoms with E-state index in [2.05, 4.69) is 9.97 Å². The molecule has 0 atom stereocenters. The molecule has 0 aliphatic rings. The summed E-state index contributed by atoms with van der Waals surface area (Å²) in [5.41, 5.74) is 2.49. The van der Waals surface area contributed by atoms with Gasteiger partial charge in [-0.05, 0) is 12.1 Å². The Labute approximate surface area is 93.2 Å². The lowest BCUT2D eigenvalue weighted by Gasteiger charge is -2.03. The first kappa shape index (κ1) is 10.6. The van der Waals surface area contributed by atoms with Gasteiger partial charge in [0.1, 0.15) is 0 Å². The number of aliphatic hydroxyl groups excluding tert-OH is 1. The first-order valence-corrected chi connectivity index (χ1v) is 4.92. The molecule has 0 unspecified atom stereocenters. The van der Waals surface area contributed by atoms with Gasteiger partial charge >= 0.3 is 0 Å². The minimum absolute atomic E-state index is 0.00772. The van der Waals surface area contributed by atoms with Crippen LogP contribution in [-0.4, -0.2) is 28.8 Å². The number of hydrogen-bond donors (Lipinski definition) is 1. The SMILES string of the molecule is COc1ccc2nccc(C=CCO)c2n1. The van der Waals surface area contributed by atoms with E-state index in [-0.39, 0.29) is 6.61 Å². The zero-order chi connectivity index (χ0) is 11.4. The largest absolute Gasteiger partial charge is 0.481 e. The first-order valence-electron chi connectivity index (χ1n) is 4.92. The number of methoxy groups -OCH3 is 1. The van der Waals surface area contributed by atoms with Gasteiger partial charge in [-0.3, -0.25) is 4.98 Å². The van der Waals surface area contributed by atoms with Gasteiger partial charge in [0.05, 0.1) is 24.8 Å². The van der Waals surface area contributed by atoms with Crippen LogP contribution in [0.2, 0.25) is 0 Å². The van der Waals surface area contributed by atoms with Crippen LogP contribution in [0.5, 0.6) is 5.88 Å². The lowest BCUT2D eigenvalue weighted by molar-refractivity contribution is 0.343. The molecule has 1 N–H and O–H groups in total. The molecule has 0 bridgehead atoms. The molecule has 2 rings (SSSR count). The van der Waals surface area contributed by atoms with Gasteiger partial charge in [-0.1, -0.05) is 12.2 Å². The molecule has 0 aromatic carbocycles. The third kappa shape index (κ3) is 2.01. The number of aromatic nitrogens is 2. The van der Waals surface area contributed by atoms with E-state index in [0.29, 0.717) is 5.88 Å². The molecule has 2 aromatic rings. The van der Waals surface area contributed by atoms with Crippen molar-refractivity contribution in [1.82, 2.24) is 9.97 Å². The fourth-order valence-corrected chi connectivity index (χ4v) is 1.46. The minimum Gasteiger partial charge on any atom is -0.481 e. The zero-order valence-corrected chi connectivity index (χ0v) is 8.92. The summed E-state index contributed by atoms with van der Waals surface area (Å²) >= 11 is 0. The topological polar surface area (TPSA) is 55.2 Å². The Hall–Kier alpha value is -1.94. The molecule has 0 saturated heterocycles. The highest BCUT2D eigenvalue weighted by molar-refractivity contribution is 5.84. The van der Waals surface area contributed by atoms with Crippen LogP contribution in [0.1, 0.15) is 5.56 Å². The second kappa shape index (κ2) is 4.72. The molecule has 0 amide bonds. The maximum atomic E-state index is 8.75. The molecule has 82 valence electrons. The molecule has 0 fully saturated rings. The van der Waals surface area contributed by atoms with Crippen LogP contribution in [-0.2, 0) is 0 Å². The van der Waals surface area contributed by atoms with Crippen molar-refractivity contribution in [3.63, 3.8) is 0 Å². The second-order valence-corrected chi connectivity index (χ2v) is 3.21. The van der Waals surface area contributed by atoms with Crippen molar-refractivity contribution in [2.75, 3.05) is 13.7 Å². The molecule has 0 radical (unpaired) electrons. The van der Waals surface area contributed by atoms with E-state index in [1.807, 2.05) is 18.2 Å². The third-order valence-electron chi connectivity index (χ3n) is 2.20. The molecule has 16 heavy (non-hydrogen) atoms. The first-order chi connectivity index (χ1) is 7.85. The predicted molar refractivity (Wildman–Crippen MR) is 62.2 cm³/mol. The van der Waals surface area contributed by atoms with E-state index < -0.39 is 0 Å². The van der Waals surface area contributed by atoms with E-state index in [1.165, 1.54) is 0 Å². The second-order valence-electron chi connectivity index (χ2n) is 3.21. The molecule has 0 spiro atoms. The Bertz CT molecular complexity index is 523. The van der Waals surface area contributed by atoms with Gasteiger partial charge in [0.2, 0.25) is 5.88 Å². The summed E-state index contributed by atoms with van der Waals surface area (Å²) in [6.45, 7) is 0.00772. The summed E-state index contributed by atoms with van der Waals surface area (Å²) in [5, 5.41) is 8.75. The van der Waals surface area contributed by atoms with Crippen LogP contribution in [0.3, 0.4) is 0 Å². The van der Waals surface area contributed by atoms with E-state index >= 15 is 0 Å². The van der Waals surface area contributed by atoms with E-state index in [1.54, 1.807) is 25.4 Å². The fourth-order valence-electron chi connectivity index (χ4n) is 1.46. The Morgan fingerprint density at radius 1 is 1.38 bits per heavy atom. The van der Waals surface area contributed by atoms with Gasteiger partial charge in [0, 0.05) is 17.8 Å². The van der Waals surface area contributed by atoms with Gasteiger partial charge in [-0.15, -0.1) is 0 Å². The number of ether oxygens (including phenoxy) is 1. The Morgan fingerprint density at radius 2 is 2.25 bits per heavy atom. The van der Waals surface area contributed by atoms with Crippen LogP contribution < -0.4 is 4.74 Å².